The van der Waals surface area contributed by atoms with Crippen molar-refractivity contribution in [2.75, 3.05) is 6.61 Å². The third-order valence-electron chi connectivity index (χ3n) is 3.71. The molecular formula is C19H23N3O4S. The number of rotatable bonds is 7. The van der Waals surface area contributed by atoms with Gasteiger partial charge in [0, 0.05) is 5.56 Å². The van der Waals surface area contributed by atoms with Crippen molar-refractivity contribution in [3.63, 3.8) is 0 Å². The van der Waals surface area contributed by atoms with Gasteiger partial charge in [0.05, 0.1) is 11.5 Å². The van der Waals surface area contributed by atoms with E-state index < -0.39 is 17.9 Å². The van der Waals surface area contributed by atoms with Crippen LogP contribution in [-0.2, 0) is 4.79 Å². The average Bonchev–Trinajstić information content (AvgIpc) is 3.19. The highest BCUT2D eigenvalue weighted by atomic mass is 32.1. The van der Waals surface area contributed by atoms with E-state index in [0.717, 1.165) is 0 Å². The number of amides is 3. The molecule has 2 rings (SSSR count). The Morgan fingerprint density at radius 1 is 1.04 bits per heavy atom. The molecule has 1 aromatic carbocycles. The Labute approximate surface area is 162 Å². The predicted molar refractivity (Wildman–Crippen MR) is 104 cm³/mol. The van der Waals surface area contributed by atoms with Crippen molar-refractivity contribution in [3.8, 4) is 5.75 Å². The van der Waals surface area contributed by atoms with Crippen LogP contribution in [0.15, 0.2) is 41.8 Å². The molecule has 1 aromatic heterocycles. The van der Waals surface area contributed by atoms with E-state index in [-0.39, 0.29) is 11.8 Å². The predicted octanol–water partition coefficient (Wildman–Crippen LogP) is 2.36. The van der Waals surface area contributed by atoms with Gasteiger partial charge in [-0.05, 0) is 48.6 Å². The van der Waals surface area contributed by atoms with Crippen LogP contribution >= 0.6 is 11.3 Å². The highest BCUT2D eigenvalue weighted by Gasteiger charge is 2.25. The maximum atomic E-state index is 12.4. The second-order valence-corrected chi connectivity index (χ2v) is 7.02. The maximum absolute atomic E-state index is 12.4. The van der Waals surface area contributed by atoms with E-state index in [4.69, 9.17) is 4.74 Å². The van der Waals surface area contributed by atoms with Gasteiger partial charge < -0.3 is 10.1 Å². The van der Waals surface area contributed by atoms with Crippen molar-refractivity contribution in [1.29, 1.82) is 0 Å². The lowest BCUT2D eigenvalue weighted by Crippen LogP contribution is -2.54. The molecule has 7 nitrogen and oxygen atoms in total. The molecule has 0 radical (unpaired) electrons. The zero-order valence-electron chi connectivity index (χ0n) is 15.4. The van der Waals surface area contributed by atoms with Crippen LogP contribution in [0.5, 0.6) is 5.75 Å². The Kier molecular flexibility index (Phi) is 7.36. The summed E-state index contributed by atoms with van der Waals surface area (Å²) in [5.74, 6) is -0.775. The molecule has 0 fully saturated rings. The van der Waals surface area contributed by atoms with Gasteiger partial charge in [-0.2, -0.15) is 0 Å². The summed E-state index contributed by atoms with van der Waals surface area (Å²) in [5.41, 5.74) is 5.14. The molecule has 1 heterocycles. The zero-order valence-corrected chi connectivity index (χ0v) is 16.3. The molecule has 144 valence electrons. The van der Waals surface area contributed by atoms with Crippen LogP contribution in [0.2, 0.25) is 0 Å². The van der Waals surface area contributed by atoms with Gasteiger partial charge in [-0.25, -0.2) is 0 Å². The molecule has 8 heteroatoms. The number of hydrazine groups is 1. The van der Waals surface area contributed by atoms with Crippen LogP contribution in [0.25, 0.3) is 0 Å². The second kappa shape index (κ2) is 9.72. The third-order valence-corrected chi connectivity index (χ3v) is 4.58. The summed E-state index contributed by atoms with van der Waals surface area (Å²) in [6.07, 6.45) is 0. The first kappa shape index (κ1) is 20.4. The fourth-order valence-electron chi connectivity index (χ4n) is 2.29. The average molecular weight is 389 g/mol. The van der Waals surface area contributed by atoms with E-state index in [1.54, 1.807) is 41.8 Å². The van der Waals surface area contributed by atoms with E-state index in [1.807, 2.05) is 20.8 Å². The second-order valence-electron chi connectivity index (χ2n) is 6.07. The van der Waals surface area contributed by atoms with E-state index in [1.165, 1.54) is 11.3 Å². The van der Waals surface area contributed by atoms with Crippen molar-refractivity contribution >= 4 is 29.1 Å². The number of ether oxygens (including phenoxy) is 1. The van der Waals surface area contributed by atoms with Gasteiger partial charge in [-0.3, -0.25) is 25.2 Å². The monoisotopic (exact) mass is 389 g/mol. The summed E-state index contributed by atoms with van der Waals surface area (Å²) in [6, 6.07) is 9.26. The van der Waals surface area contributed by atoms with Crippen molar-refractivity contribution in [2.45, 2.75) is 26.8 Å². The number of benzene rings is 1. The lowest BCUT2D eigenvalue weighted by atomic mass is 10.0. The molecule has 0 bridgehead atoms. The van der Waals surface area contributed by atoms with Gasteiger partial charge in [0.25, 0.3) is 17.7 Å². The molecule has 0 spiro atoms. The molecule has 0 aliphatic carbocycles. The van der Waals surface area contributed by atoms with Gasteiger partial charge in [0.2, 0.25) is 0 Å². The Hall–Kier alpha value is -2.87. The van der Waals surface area contributed by atoms with E-state index in [0.29, 0.717) is 22.8 Å². The molecule has 27 heavy (non-hydrogen) atoms. The lowest BCUT2D eigenvalue weighted by Gasteiger charge is -2.21. The normalized spacial score (nSPS) is 11.6. The molecular weight excluding hydrogens is 366 g/mol. The lowest BCUT2D eigenvalue weighted by molar-refractivity contribution is -0.124. The van der Waals surface area contributed by atoms with E-state index in [2.05, 4.69) is 16.2 Å². The molecule has 0 saturated heterocycles. The molecule has 1 atom stereocenters. The minimum Gasteiger partial charge on any atom is -0.494 e. The first-order chi connectivity index (χ1) is 12.9. The minimum absolute atomic E-state index is 0.171. The van der Waals surface area contributed by atoms with Gasteiger partial charge in [0.15, 0.2) is 0 Å². The van der Waals surface area contributed by atoms with Crippen LogP contribution in [0.1, 0.15) is 40.8 Å². The zero-order chi connectivity index (χ0) is 19.8. The van der Waals surface area contributed by atoms with Crippen molar-refractivity contribution in [1.82, 2.24) is 16.2 Å². The summed E-state index contributed by atoms with van der Waals surface area (Å²) in [4.78, 5) is 37.2. The smallest absolute Gasteiger partial charge is 0.279 e. The number of thiophene rings is 1. The number of hydrogen-bond acceptors (Lipinski definition) is 5. The Morgan fingerprint density at radius 2 is 1.74 bits per heavy atom. The Bertz CT molecular complexity index is 773. The van der Waals surface area contributed by atoms with Crippen LogP contribution < -0.4 is 20.9 Å². The van der Waals surface area contributed by atoms with Gasteiger partial charge >= 0.3 is 0 Å². The van der Waals surface area contributed by atoms with Crippen LogP contribution in [0, 0.1) is 5.92 Å². The van der Waals surface area contributed by atoms with Crippen molar-refractivity contribution in [2.24, 2.45) is 5.92 Å². The van der Waals surface area contributed by atoms with Crippen LogP contribution in [0.4, 0.5) is 0 Å². The molecule has 2 aromatic rings. The molecule has 0 aliphatic heterocycles. The fourth-order valence-corrected chi connectivity index (χ4v) is 2.91. The summed E-state index contributed by atoms with van der Waals surface area (Å²) < 4.78 is 5.35. The highest BCUT2D eigenvalue weighted by molar-refractivity contribution is 7.12. The molecule has 0 aliphatic rings. The van der Waals surface area contributed by atoms with Crippen molar-refractivity contribution in [3.05, 3.63) is 52.2 Å². The van der Waals surface area contributed by atoms with Gasteiger partial charge in [0.1, 0.15) is 11.8 Å². The van der Waals surface area contributed by atoms with Gasteiger partial charge in [-0.1, -0.05) is 19.9 Å². The number of nitrogens with one attached hydrogen (secondary N) is 3. The summed E-state index contributed by atoms with van der Waals surface area (Å²) >= 11 is 1.27. The quantitative estimate of drug-likeness (QED) is 0.634. The highest BCUT2D eigenvalue weighted by Crippen LogP contribution is 2.13. The fraction of sp³-hybridized carbons (Fsp3) is 0.316. The Balaban J connectivity index is 1.96. The summed E-state index contributed by atoms with van der Waals surface area (Å²) in [7, 11) is 0. The molecule has 0 unspecified atom stereocenters. The molecule has 0 saturated carbocycles. The van der Waals surface area contributed by atoms with Gasteiger partial charge in [-0.15, -0.1) is 11.3 Å². The first-order valence-corrected chi connectivity index (χ1v) is 9.47. The van der Waals surface area contributed by atoms with E-state index >= 15 is 0 Å². The SMILES string of the molecule is CCOc1ccc(C(=O)N[C@H](C(=O)NNC(=O)c2cccs2)C(C)C)cc1. The molecule has 3 amide bonds. The standard InChI is InChI=1S/C19H23N3O4S/c1-4-26-14-9-7-13(8-10-14)17(23)20-16(12(2)3)19(25)22-21-18(24)15-6-5-11-27-15/h5-12,16H,4H2,1-3H3,(H,20,23)(H,21,24)(H,22,25)/t16-/m0/s1. The maximum Gasteiger partial charge on any atom is 0.279 e. The molecule has 3 N–H and O–H groups in total. The van der Waals surface area contributed by atoms with Crippen molar-refractivity contribution < 1.29 is 19.1 Å². The first-order valence-electron chi connectivity index (χ1n) is 8.59. The Morgan fingerprint density at radius 3 is 2.30 bits per heavy atom. The van der Waals surface area contributed by atoms with Crippen LogP contribution in [0.3, 0.4) is 0 Å². The largest absolute Gasteiger partial charge is 0.494 e. The summed E-state index contributed by atoms with van der Waals surface area (Å²) in [6.45, 7) is 6.04. The number of carbonyl (C=O) groups is 3. The number of hydrogen-bond donors (Lipinski definition) is 3. The van der Waals surface area contributed by atoms with Crippen LogP contribution in [-0.4, -0.2) is 30.4 Å². The van der Waals surface area contributed by atoms with E-state index in [9.17, 15) is 14.4 Å². The minimum atomic E-state index is -0.798. The summed E-state index contributed by atoms with van der Waals surface area (Å²) in [5, 5.41) is 4.47. The topological polar surface area (TPSA) is 96.5 Å². The third kappa shape index (κ3) is 5.82. The number of carbonyl (C=O) groups excluding carboxylic acids is 3.